The van der Waals surface area contributed by atoms with Gasteiger partial charge in [0.05, 0.1) is 16.9 Å². The zero-order valence-corrected chi connectivity index (χ0v) is 19.3. The van der Waals surface area contributed by atoms with Crippen LogP contribution in [0.25, 0.3) is 0 Å². The number of nitrogens with zero attached hydrogens (tertiary/aromatic N) is 3. The highest BCUT2D eigenvalue weighted by Crippen LogP contribution is 2.52. The predicted octanol–water partition coefficient (Wildman–Crippen LogP) is 5.07. The second kappa shape index (κ2) is 7.23. The van der Waals surface area contributed by atoms with E-state index >= 15 is 0 Å². The molecule has 0 bridgehead atoms. The van der Waals surface area contributed by atoms with Crippen LogP contribution in [0, 0.1) is 11.7 Å². The Morgan fingerprint density at radius 1 is 1.15 bits per heavy atom. The largest absolute Gasteiger partial charge is 0.418 e. The summed E-state index contributed by atoms with van der Waals surface area (Å²) in [6, 6.07) is 4.73. The number of benzene rings is 1. The third kappa shape index (κ3) is 3.42. The summed E-state index contributed by atoms with van der Waals surface area (Å²) >= 11 is 0. The molecule has 34 heavy (non-hydrogen) atoms. The van der Waals surface area contributed by atoms with E-state index in [1.54, 1.807) is 28.1 Å². The molecule has 1 aromatic rings. The number of amidine groups is 1. The van der Waals surface area contributed by atoms with Gasteiger partial charge in [-0.15, -0.1) is 0 Å². The van der Waals surface area contributed by atoms with Gasteiger partial charge in [-0.05, 0) is 74.8 Å². The van der Waals surface area contributed by atoms with E-state index < -0.39 is 29.1 Å². The molecule has 0 aromatic heterocycles. The van der Waals surface area contributed by atoms with E-state index in [4.69, 9.17) is 4.74 Å². The van der Waals surface area contributed by atoms with Crippen LogP contribution in [-0.4, -0.2) is 41.1 Å². The summed E-state index contributed by atoms with van der Waals surface area (Å²) in [6.07, 6.45) is 1.76. The Balaban J connectivity index is 1.27. The van der Waals surface area contributed by atoms with Gasteiger partial charge < -0.3 is 14.5 Å². The quantitative estimate of drug-likeness (QED) is 0.619. The SMILES string of the molecule is CC1(C)OC2(CCN(C3=C(C(F)(F)F)C4NN=C(CC5CC5)N4C=C3)CC2)c2ccc(F)cc21. The fourth-order valence-electron chi connectivity index (χ4n) is 5.96. The summed E-state index contributed by atoms with van der Waals surface area (Å²) in [5.74, 6) is 0.888. The molecular formula is C25H28F4N4O. The monoisotopic (exact) mass is 476 g/mol. The van der Waals surface area contributed by atoms with Crippen molar-refractivity contribution in [3.05, 3.63) is 58.7 Å². The molecule has 1 unspecified atom stereocenters. The van der Waals surface area contributed by atoms with Gasteiger partial charge in [0.2, 0.25) is 0 Å². The van der Waals surface area contributed by atoms with Crippen LogP contribution < -0.4 is 5.43 Å². The lowest BCUT2D eigenvalue weighted by molar-refractivity contribution is -0.148. The second-order valence-electron chi connectivity index (χ2n) is 10.5. The number of fused-ring (bicyclic) bond motifs is 3. The molecule has 9 heteroatoms. The van der Waals surface area contributed by atoms with Gasteiger partial charge in [-0.1, -0.05) is 6.07 Å². The molecule has 1 aromatic carbocycles. The van der Waals surface area contributed by atoms with E-state index in [1.165, 1.54) is 12.1 Å². The van der Waals surface area contributed by atoms with E-state index in [0.29, 0.717) is 44.1 Å². The third-order valence-corrected chi connectivity index (χ3v) is 7.79. The highest BCUT2D eigenvalue weighted by atomic mass is 19.4. The number of hydrogen-bond acceptors (Lipinski definition) is 5. The van der Waals surface area contributed by atoms with Crippen LogP contribution in [0.2, 0.25) is 0 Å². The molecule has 182 valence electrons. The maximum Gasteiger partial charge on any atom is 0.418 e. The number of piperidine rings is 1. The van der Waals surface area contributed by atoms with Crippen molar-refractivity contribution in [2.24, 2.45) is 11.0 Å². The van der Waals surface area contributed by atoms with Crippen LogP contribution >= 0.6 is 0 Å². The highest BCUT2D eigenvalue weighted by Gasteiger charge is 2.52. The number of likely N-dealkylation sites (tertiary alicyclic amines) is 1. The van der Waals surface area contributed by atoms with Crippen molar-refractivity contribution < 1.29 is 22.3 Å². The summed E-state index contributed by atoms with van der Waals surface area (Å²) < 4.78 is 63.4. The van der Waals surface area contributed by atoms with Crippen LogP contribution in [0.3, 0.4) is 0 Å². The van der Waals surface area contributed by atoms with E-state index in [-0.39, 0.29) is 11.5 Å². The first-order valence-electron chi connectivity index (χ1n) is 11.9. The van der Waals surface area contributed by atoms with Crippen molar-refractivity contribution in [3.8, 4) is 0 Å². The number of hydrogen-bond donors (Lipinski definition) is 1. The lowest BCUT2D eigenvalue weighted by Gasteiger charge is -2.44. The van der Waals surface area contributed by atoms with Crippen molar-refractivity contribution in [2.75, 3.05) is 13.1 Å². The van der Waals surface area contributed by atoms with E-state index in [0.717, 1.165) is 24.0 Å². The van der Waals surface area contributed by atoms with Crippen LogP contribution in [0.15, 0.2) is 46.8 Å². The standard InChI is InChI=1S/C25H28F4N4O/c1-23(2)18-14-16(26)5-6-17(18)24(34-23)8-11-32(12-9-24)19-7-10-33-20(13-15-3-4-15)30-31-22(33)21(19)25(27,28)29/h5-7,10,14-15,22,31H,3-4,8-9,11-13H2,1-2H3. The normalized spacial score (nSPS) is 27.1. The first kappa shape index (κ1) is 21.9. The number of alkyl halides is 3. The average molecular weight is 477 g/mol. The molecule has 2 fully saturated rings. The summed E-state index contributed by atoms with van der Waals surface area (Å²) in [5.41, 5.74) is 2.84. The Morgan fingerprint density at radius 2 is 1.88 bits per heavy atom. The number of allylic oxidation sites excluding steroid dienone is 1. The van der Waals surface area contributed by atoms with Gasteiger partial charge in [0.15, 0.2) is 6.17 Å². The lowest BCUT2D eigenvalue weighted by Crippen LogP contribution is -2.49. The summed E-state index contributed by atoms with van der Waals surface area (Å²) in [4.78, 5) is 3.43. The number of rotatable bonds is 3. The molecule has 1 atom stereocenters. The minimum atomic E-state index is -4.49. The fourth-order valence-corrected chi connectivity index (χ4v) is 5.96. The molecule has 6 rings (SSSR count). The zero-order valence-electron chi connectivity index (χ0n) is 19.3. The number of halogens is 4. The minimum absolute atomic E-state index is 0.190. The summed E-state index contributed by atoms with van der Waals surface area (Å²) in [6.45, 7) is 4.66. The number of hydrazone groups is 1. The molecule has 4 heterocycles. The summed E-state index contributed by atoms with van der Waals surface area (Å²) in [7, 11) is 0. The maximum absolute atomic E-state index is 14.3. The predicted molar refractivity (Wildman–Crippen MR) is 119 cm³/mol. The van der Waals surface area contributed by atoms with E-state index in [1.807, 2.05) is 13.8 Å². The topological polar surface area (TPSA) is 40.1 Å². The number of nitrogens with one attached hydrogen (secondary N) is 1. The second-order valence-corrected chi connectivity index (χ2v) is 10.5. The zero-order chi connectivity index (χ0) is 23.9. The Morgan fingerprint density at radius 3 is 2.56 bits per heavy atom. The molecule has 1 saturated heterocycles. The van der Waals surface area contributed by atoms with Crippen molar-refractivity contribution in [2.45, 2.75) is 69.5 Å². The van der Waals surface area contributed by atoms with Crippen LogP contribution in [-0.2, 0) is 15.9 Å². The van der Waals surface area contributed by atoms with Crippen molar-refractivity contribution in [3.63, 3.8) is 0 Å². The van der Waals surface area contributed by atoms with Crippen LogP contribution in [0.5, 0.6) is 0 Å². The molecule has 4 aliphatic heterocycles. The third-order valence-electron chi connectivity index (χ3n) is 7.79. The Hall–Kier alpha value is -2.55. The Bertz CT molecular complexity index is 1110. The first-order valence-corrected chi connectivity index (χ1v) is 11.9. The fraction of sp³-hybridized carbons (Fsp3) is 0.560. The van der Waals surface area contributed by atoms with Gasteiger partial charge in [-0.3, -0.25) is 5.43 Å². The van der Waals surface area contributed by atoms with Crippen molar-refractivity contribution in [1.82, 2.24) is 15.2 Å². The minimum Gasteiger partial charge on any atom is -0.371 e. The summed E-state index contributed by atoms with van der Waals surface area (Å²) in [5, 5.41) is 4.25. The average Bonchev–Trinajstić information content (AvgIpc) is 3.46. The van der Waals surface area contributed by atoms with Gasteiger partial charge >= 0.3 is 6.18 Å². The van der Waals surface area contributed by atoms with Gasteiger partial charge in [0.1, 0.15) is 17.2 Å². The van der Waals surface area contributed by atoms with Gasteiger partial charge in [0, 0.05) is 25.7 Å². The molecule has 1 N–H and O–H groups in total. The van der Waals surface area contributed by atoms with Crippen molar-refractivity contribution in [1.29, 1.82) is 0 Å². The molecular weight excluding hydrogens is 448 g/mol. The Labute approximate surface area is 196 Å². The van der Waals surface area contributed by atoms with Crippen LogP contribution in [0.4, 0.5) is 17.6 Å². The van der Waals surface area contributed by atoms with Crippen molar-refractivity contribution >= 4 is 5.84 Å². The van der Waals surface area contributed by atoms with Gasteiger partial charge in [-0.25, -0.2) is 4.39 Å². The van der Waals surface area contributed by atoms with Gasteiger partial charge in [-0.2, -0.15) is 18.3 Å². The van der Waals surface area contributed by atoms with Crippen LogP contribution in [0.1, 0.15) is 57.1 Å². The smallest absolute Gasteiger partial charge is 0.371 e. The molecule has 1 spiro atoms. The first-order chi connectivity index (χ1) is 16.1. The van der Waals surface area contributed by atoms with Gasteiger partial charge in [0.25, 0.3) is 0 Å². The molecule has 0 amide bonds. The molecule has 1 saturated carbocycles. The molecule has 5 nitrogen and oxygen atoms in total. The Kier molecular flexibility index (Phi) is 4.67. The van der Waals surface area contributed by atoms with E-state index in [2.05, 4.69) is 10.5 Å². The maximum atomic E-state index is 14.3. The molecule has 1 aliphatic carbocycles. The molecule has 0 radical (unpaired) electrons. The molecule has 5 aliphatic rings. The highest BCUT2D eigenvalue weighted by molar-refractivity contribution is 5.86. The lowest BCUT2D eigenvalue weighted by atomic mass is 9.82. The van der Waals surface area contributed by atoms with E-state index in [9.17, 15) is 17.6 Å². The number of ether oxygens (including phenoxy) is 1.